The average molecular weight is 301 g/mol. The minimum atomic E-state index is 0.687. The first-order valence-corrected chi connectivity index (χ1v) is 8.29. The van der Waals surface area contributed by atoms with Crippen LogP contribution in [0.3, 0.4) is 0 Å². The Bertz CT molecular complexity index is 566. The minimum absolute atomic E-state index is 0.687. The fraction of sp³-hybridized carbons (Fsp3) is 0.333. The quantitative estimate of drug-likeness (QED) is 0.620. The van der Waals surface area contributed by atoms with E-state index in [1.54, 1.807) is 0 Å². The van der Waals surface area contributed by atoms with E-state index in [1.165, 1.54) is 21.6 Å². The molecule has 0 saturated heterocycles. The van der Waals surface area contributed by atoms with Gasteiger partial charge in [-0.3, -0.25) is 0 Å². The first-order valence-electron chi connectivity index (χ1n) is 7.31. The van der Waals surface area contributed by atoms with Crippen LogP contribution in [0.2, 0.25) is 0 Å². The van der Waals surface area contributed by atoms with Gasteiger partial charge in [-0.25, -0.2) is 0 Å². The van der Waals surface area contributed by atoms with Gasteiger partial charge in [0.2, 0.25) is 0 Å². The highest BCUT2D eigenvalue weighted by Gasteiger charge is 2.00. The van der Waals surface area contributed by atoms with Gasteiger partial charge in [0.15, 0.2) is 0 Å². The normalized spacial score (nSPS) is 10.6. The fourth-order valence-electron chi connectivity index (χ4n) is 2.19. The Kier molecular flexibility index (Phi) is 6.15. The lowest BCUT2D eigenvalue weighted by Gasteiger charge is -2.09. The highest BCUT2D eigenvalue weighted by molar-refractivity contribution is 7.99. The van der Waals surface area contributed by atoms with Crippen LogP contribution in [0.4, 0.5) is 0 Å². The van der Waals surface area contributed by atoms with Crippen molar-refractivity contribution < 1.29 is 4.74 Å². The molecule has 2 aromatic rings. The van der Waals surface area contributed by atoms with E-state index in [2.05, 4.69) is 44.2 Å². The first kappa shape index (κ1) is 15.9. The molecular weight excluding hydrogens is 278 g/mol. The molecule has 0 fully saturated rings. The molecule has 0 radical (unpaired) electrons. The molecule has 0 atom stereocenters. The van der Waals surface area contributed by atoms with Crippen molar-refractivity contribution in [3.8, 4) is 5.75 Å². The molecule has 0 spiro atoms. The number of ether oxygens (including phenoxy) is 1. The Morgan fingerprint density at radius 1 is 1.05 bits per heavy atom. The number of hydrogen-bond acceptors (Lipinski definition) is 3. The third-order valence-electron chi connectivity index (χ3n) is 3.30. The third kappa shape index (κ3) is 5.10. The van der Waals surface area contributed by atoms with E-state index in [1.807, 2.05) is 23.9 Å². The topological polar surface area (TPSA) is 35.2 Å². The molecule has 0 aliphatic heterocycles. The van der Waals surface area contributed by atoms with Gasteiger partial charge in [0.25, 0.3) is 0 Å². The highest BCUT2D eigenvalue weighted by Crippen LogP contribution is 2.23. The molecule has 0 amide bonds. The maximum Gasteiger partial charge on any atom is 0.119 e. The van der Waals surface area contributed by atoms with Crippen molar-refractivity contribution in [2.24, 2.45) is 5.73 Å². The molecule has 0 unspecified atom stereocenters. The lowest BCUT2D eigenvalue weighted by Crippen LogP contribution is -2.03. The molecule has 0 heterocycles. The van der Waals surface area contributed by atoms with Crippen LogP contribution in [0.15, 0.2) is 47.4 Å². The van der Waals surface area contributed by atoms with E-state index >= 15 is 0 Å². The highest BCUT2D eigenvalue weighted by atomic mass is 32.2. The molecule has 0 bridgehead atoms. The zero-order valence-electron chi connectivity index (χ0n) is 12.8. The predicted molar refractivity (Wildman–Crippen MR) is 91.3 cm³/mol. The summed E-state index contributed by atoms with van der Waals surface area (Å²) in [7, 11) is 0. The molecular formula is C18H23NOS. The number of thioether (sulfide) groups is 1. The summed E-state index contributed by atoms with van der Waals surface area (Å²) < 4.78 is 5.77. The van der Waals surface area contributed by atoms with Crippen LogP contribution in [0.1, 0.15) is 16.7 Å². The summed E-state index contributed by atoms with van der Waals surface area (Å²) in [5.41, 5.74) is 9.45. The molecule has 0 aromatic heterocycles. The summed E-state index contributed by atoms with van der Waals surface area (Å²) in [5, 5.41) is 0. The molecule has 3 heteroatoms. The second-order valence-electron chi connectivity index (χ2n) is 5.15. The maximum atomic E-state index is 5.77. The van der Waals surface area contributed by atoms with Gasteiger partial charge in [0.05, 0.1) is 6.61 Å². The zero-order valence-corrected chi connectivity index (χ0v) is 13.6. The summed E-state index contributed by atoms with van der Waals surface area (Å²) in [6.07, 6.45) is 0.919. The van der Waals surface area contributed by atoms with Gasteiger partial charge in [-0.1, -0.05) is 29.8 Å². The van der Waals surface area contributed by atoms with Gasteiger partial charge in [0, 0.05) is 10.6 Å². The fourth-order valence-corrected chi connectivity index (χ4v) is 3.03. The molecule has 2 aromatic carbocycles. The Morgan fingerprint density at radius 3 is 2.48 bits per heavy atom. The average Bonchev–Trinajstić information content (AvgIpc) is 2.47. The van der Waals surface area contributed by atoms with Crippen LogP contribution in [-0.2, 0) is 6.42 Å². The van der Waals surface area contributed by atoms with Crippen LogP contribution in [0, 0.1) is 13.8 Å². The molecule has 2 nitrogen and oxygen atoms in total. The number of rotatable bonds is 7. The molecule has 2 rings (SSSR count). The second kappa shape index (κ2) is 8.11. The minimum Gasteiger partial charge on any atom is -0.493 e. The Labute approximate surface area is 131 Å². The summed E-state index contributed by atoms with van der Waals surface area (Å²) in [6, 6.07) is 14.8. The van der Waals surface area contributed by atoms with E-state index in [-0.39, 0.29) is 0 Å². The monoisotopic (exact) mass is 301 g/mol. The van der Waals surface area contributed by atoms with Crippen molar-refractivity contribution >= 4 is 11.8 Å². The molecule has 21 heavy (non-hydrogen) atoms. The lowest BCUT2D eigenvalue weighted by atomic mass is 10.1. The summed E-state index contributed by atoms with van der Waals surface area (Å²) in [6.45, 7) is 5.69. The molecule has 2 N–H and O–H groups in total. The summed E-state index contributed by atoms with van der Waals surface area (Å²) >= 11 is 1.84. The lowest BCUT2D eigenvalue weighted by molar-refractivity contribution is 0.344. The van der Waals surface area contributed by atoms with Gasteiger partial charge >= 0.3 is 0 Å². The third-order valence-corrected chi connectivity index (χ3v) is 4.44. The van der Waals surface area contributed by atoms with Gasteiger partial charge < -0.3 is 10.5 Å². The van der Waals surface area contributed by atoms with Crippen molar-refractivity contribution in [3.63, 3.8) is 0 Å². The van der Waals surface area contributed by atoms with E-state index < -0.39 is 0 Å². The van der Waals surface area contributed by atoms with Gasteiger partial charge in [0.1, 0.15) is 5.75 Å². The van der Waals surface area contributed by atoms with Crippen LogP contribution >= 0.6 is 11.8 Å². The number of aryl methyl sites for hydroxylation is 2. The van der Waals surface area contributed by atoms with Crippen molar-refractivity contribution in [1.29, 1.82) is 0 Å². The van der Waals surface area contributed by atoms with E-state index in [0.717, 1.165) is 17.9 Å². The van der Waals surface area contributed by atoms with Gasteiger partial charge in [-0.2, -0.15) is 0 Å². The van der Waals surface area contributed by atoms with Gasteiger partial charge in [-0.05, 0) is 56.1 Å². The maximum absolute atomic E-state index is 5.77. The molecule has 0 aliphatic rings. The van der Waals surface area contributed by atoms with E-state index in [9.17, 15) is 0 Å². The smallest absolute Gasteiger partial charge is 0.119 e. The van der Waals surface area contributed by atoms with E-state index in [4.69, 9.17) is 10.5 Å². The SMILES string of the molecule is Cc1ccc(SCCOc2ccc(CCN)cc2)c(C)c1. The van der Waals surface area contributed by atoms with Crippen molar-refractivity contribution in [2.45, 2.75) is 25.2 Å². The van der Waals surface area contributed by atoms with Crippen molar-refractivity contribution in [3.05, 3.63) is 59.2 Å². The van der Waals surface area contributed by atoms with Crippen LogP contribution in [0.25, 0.3) is 0 Å². The van der Waals surface area contributed by atoms with Crippen molar-refractivity contribution in [2.75, 3.05) is 18.9 Å². The standard InChI is InChI=1S/C18H23NOS/c1-14-3-8-18(15(2)13-14)21-12-11-20-17-6-4-16(5-7-17)9-10-19/h3-8,13H,9-12,19H2,1-2H3. The largest absolute Gasteiger partial charge is 0.493 e. The molecule has 112 valence electrons. The summed E-state index contributed by atoms with van der Waals surface area (Å²) in [5.74, 6) is 1.88. The predicted octanol–water partition coefficient (Wildman–Crippen LogP) is 3.98. The van der Waals surface area contributed by atoms with Crippen LogP contribution in [0.5, 0.6) is 5.75 Å². The van der Waals surface area contributed by atoms with E-state index in [0.29, 0.717) is 13.2 Å². The number of nitrogens with two attached hydrogens (primary N) is 1. The Morgan fingerprint density at radius 2 is 1.81 bits per heavy atom. The van der Waals surface area contributed by atoms with Gasteiger partial charge in [-0.15, -0.1) is 11.8 Å². The zero-order chi connectivity index (χ0) is 15.1. The second-order valence-corrected chi connectivity index (χ2v) is 6.29. The van der Waals surface area contributed by atoms with Crippen molar-refractivity contribution in [1.82, 2.24) is 0 Å². The number of hydrogen-bond donors (Lipinski definition) is 1. The molecule has 0 aliphatic carbocycles. The number of benzene rings is 2. The van der Waals surface area contributed by atoms with Crippen LogP contribution < -0.4 is 10.5 Å². The molecule has 0 saturated carbocycles. The van der Waals surface area contributed by atoms with Crippen LogP contribution in [-0.4, -0.2) is 18.9 Å². The Hall–Kier alpha value is -1.45. The first-order chi connectivity index (χ1) is 10.2. The Balaban J connectivity index is 1.76. The summed E-state index contributed by atoms with van der Waals surface area (Å²) in [4.78, 5) is 1.34.